The molecule has 3 heterocycles. The highest BCUT2D eigenvalue weighted by Crippen LogP contribution is 2.29. The number of hydrogen-bond acceptors (Lipinski definition) is 5. The van der Waals surface area contributed by atoms with Gasteiger partial charge in [-0.15, -0.1) is 0 Å². The van der Waals surface area contributed by atoms with Crippen LogP contribution in [0.4, 0.5) is 18.9 Å². The second-order valence-corrected chi connectivity index (χ2v) is 7.29. The summed E-state index contributed by atoms with van der Waals surface area (Å²) in [6, 6.07) is 6.91. The number of nitrogens with zero attached hydrogens (tertiary/aromatic N) is 4. The highest BCUT2D eigenvalue weighted by molar-refractivity contribution is 5.80. The van der Waals surface area contributed by atoms with Crippen LogP contribution in [0.3, 0.4) is 0 Å². The lowest BCUT2D eigenvalue weighted by Crippen LogP contribution is -2.43. The molecule has 0 spiro atoms. The molecule has 1 unspecified atom stereocenters. The molecule has 0 saturated carbocycles. The van der Waals surface area contributed by atoms with E-state index in [9.17, 15) is 18.0 Å². The third-order valence-electron chi connectivity index (χ3n) is 5.19. The largest absolute Gasteiger partial charge is 0.416 e. The number of pyridine rings is 1. The minimum absolute atomic E-state index is 0.0619. The lowest BCUT2D eigenvalue weighted by Gasteiger charge is -2.33. The Bertz CT molecular complexity index is 1060. The first-order valence-corrected chi connectivity index (χ1v) is 9.66. The van der Waals surface area contributed by atoms with E-state index < -0.39 is 11.7 Å². The molecule has 1 aliphatic heterocycles. The Morgan fingerprint density at radius 3 is 2.83 bits per heavy atom. The van der Waals surface area contributed by atoms with Crippen LogP contribution in [0.2, 0.25) is 0 Å². The Balaban J connectivity index is 1.40. The molecule has 156 valence electrons. The van der Waals surface area contributed by atoms with Gasteiger partial charge >= 0.3 is 6.18 Å². The number of amides is 1. The number of carbonyl (C=O) groups is 1. The van der Waals surface area contributed by atoms with Crippen LogP contribution >= 0.6 is 0 Å². The second kappa shape index (κ2) is 8.25. The van der Waals surface area contributed by atoms with Gasteiger partial charge < -0.3 is 10.2 Å². The molecule has 9 heteroatoms. The van der Waals surface area contributed by atoms with Crippen LogP contribution in [0.25, 0.3) is 11.2 Å². The number of nitrogens with one attached hydrogen (secondary N) is 1. The van der Waals surface area contributed by atoms with Crippen molar-refractivity contribution in [2.24, 2.45) is 5.92 Å². The molecule has 1 fully saturated rings. The van der Waals surface area contributed by atoms with Crippen molar-refractivity contribution >= 4 is 22.8 Å². The first-order valence-electron chi connectivity index (χ1n) is 9.66. The molecule has 0 bridgehead atoms. The van der Waals surface area contributed by atoms with Crippen molar-refractivity contribution in [1.82, 2.24) is 20.3 Å². The average molecular weight is 415 g/mol. The summed E-state index contributed by atoms with van der Waals surface area (Å²) in [5.74, 6) is -0.409. The van der Waals surface area contributed by atoms with Crippen LogP contribution in [-0.4, -0.2) is 33.9 Å². The first-order chi connectivity index (χ1) is 14.4. The van der Waals surface area contributed by atoms with Crippen molar-refractivity contribution in [2.75, 3.05) is 18.0 Å². The van der Waals surface area contributed by atoms with E-state index in [0.29, 0.717) is 23.3 Å². The van der Waals surface area contributed by atoms with E-state index >= 15 is 0 Å². The number of rotatable bonds is 4. The Morgan fingerprint density at radius 2 is 2.00 bits per heavy atom. The highest BCUT2D eigenvalue weighted by atomic mass is 19.4. The Labute approximate surface area is 171 Å². The number of benzene rings is 1. The van der Waals surface area contributed by atoms with Crippen molar-refractivity contribution in [3.63, 3.8) is 0 Å². The smallest absolute Gasteiger partial charge is 0.369 e. The van der Waals surface area contributed by atoms with E-state index in [0.717, 1.165) is 37.2 Å². The van der Waals surface area contributed by atoms with E-state index in [1.807, 2.05) is 6.07 Å². The maximum absolute atomic E-state index is 12.9. The topological polar surface area (TPSA) is 71.0 Å². The van der Waals surface area contributed by atoms with Gasteiger partial charge in [-0.05, 0) is 36.6 Å². The molecule has 1 aliphatic rings. The fraction of sp³-hybridized carbons (Fsp3) is 0.333. The lowest BCUT2D eigenvalue weighted by atomic mass is 9.96. The number of alkyl halides is 3. The molecular formula is C21H20F3N5O. The number of fused-ring (bicyclic) bond motifs is 1. The number of piperidine rings is 1. The van der Waals surface area contributed by atoms with Gasteiger partial charge in [0.2, 0.25) is 5.91 Å². The average Bonchev–Trinajstić information content (AvgIpc) is 2.77. The predicted octanol–water partition coefficient (Wildman–Crippen LogP) is 3.58. The molecule has 0 aliphatic carbocycles. The van der Waals surface area contributed by atoms with Crippen LogP contribution in [0.1, 0.15) is 24.0 Å². The Morgan fingerprint density at radius 1 is 1.17 bits per heavy atom. The normalized spacial score (nSPS) is 17.2. The second-order valence-electron chi connectivity index (χ2n) is 7.29. The quantitative estimate of drug-likeness (QED) is 0.705. The van der Waals surface area contributed by atoms with E-state index in [4.69, 9.17) is 0 Å². The summed E-state index contributed by atoms with van der Waals surface area (Å²) in [5, 5.41) is 2.78. The molecule has 2 aromatic heterocycles. The highest BCUT2D eigenvalue weighted by Gasteiger charge is 2.30. The van der Waals surface area contributed by atoms with E-state index in [2.05, 4.69) is 25.2 Å². The summed E-state index contributed by atoms with van der Waals surface area (Å²) >= 11 is 0. The zero-order chi connectivity index (χ0) is 21.1. The SMILES string of the molecule is O=C(NCc1cccc(C(F)(F)F)c1)C1CCCN(c2cnc3nccnc3c2)C1. The van der Waals surface area contributed by atoms with Crippen LogP contribution in [0.15, 0.2) is 48.9 Å². The molecule has 1 atom stereocenters. The monoisotopic (exact) mass is 415 g/mol. The standard InChI is InChI=1S/C21H20F3N5O/c22-21(23,24)16-5-1-3-14(9-16)11-28-20(30)15-4-2-8-29(13-15)17-10-18-19(27-12-17)26-7-6-25-18/h1,3,5-7,9-10,12,15H,2,4,8,11,13H2,(H,28,30). The third kappa shape index (κ3) is 4.50. The Hall–Kier alpha value is -3.23. The molecule has 30 heavy (non-hydrogen) atoms. The van der Waals surface area contributed by atoms with Crippen molar-refractivity contribution in [3.05, 3.63) is 60.0 Å². The van der Waals surface area contributed by atoms with Gasteiger partial charge in [0.15, 0.2) is 5.65 Å². The van der Waals surface area contributed by atoms with Crippen LogP contribution < -0.4 is 10.2 Å². The zero-order valence-corrected chi connectivity index (χ0v) is 16.1. The summed E-state index contributed by atoms with van der Waals surface area (Å²) in [6.45, 7) is 1.37. The Kier molecular flexibility index (Phi) is 5.52. The van der Waals surface area contributed by atoms with Gasteiger partial charge in [-0.2, -0.15) is 13.2 Å². The van der Waals surface area contributed by atoms with E-state index in [-0.39, 0.29) is 18.4 Å². The van der Waals surface area contributed by atoms with Crippen molar-refractivity contribution < 1.29 is 18.0 Å². The predicted molar refractivity (Wildman–Crippen MR) is 106 cm³/mol. The summed E-state index contributed by atoms with van der Waals surface area (Å²) in [4.78, 5) is 27.5. The van der Waals surface area contributed by atoms with Gasteiger partial charge in [0.05, 0.1) is 23.4 Å². The zero-order valence-electron chi connectivity index (χ0n) is 16.1. The molecule has 1 amide bonds. The number of aromatic nitrogens is 3. The van der Waals surface area contributed by atoms with Crippen molar-refractivity contribution in [3.8, 4) is 0 Å². The summed E-state index contributed by atoms with van der Waals surface area (Å²) in [5.41, 5.74) is 1.83. The fourth-order valence-electron chi connectivity index (χ4n) is 3.64. The number of halogens is 3. The van der Waals surface area contributed by atoms with Crippen molar-refractivity contribution in [2.45, 2.75) is 25.6 Å². The number of carbonyl (C=O) groups excluding carboxylic acids is 1. The molecule has 1 aromatic carbocycles. The molecule has 3 aromatic rings. The maximum atomic E-state index is 12.9. The van der Waals surface area contributed by atoms with Gasteiger partial charge in [0.1, 0.15) is 5.52 Å². The third-order valence-corrected chi connectivity index (χ3v) is 5.19. The van der Waals surface area contributed by atoms with Crippen molar-refractivity contribution in [1.29, 1.82) is 0 Å². The maximum Gasteiger partial charge on any atom is 0.416 e. The minimum atomic E-state index is -4.40. The van der Waals surface area contributed by atoms with Gasteiger partial charge in [-0.3, -0.25) is 9.78 Å². The van der Waals surface area contributed by atoms with Crippen LogP contribution in [0, 0.1) is 5.92 Å². The van der Waals surface area contributed by atoms with Gasteiger partial charge in [-0.1, -0.05) is 12.1 Å². The van der Waals surface area contributed by atoms with Gasteiger partial charge in [0, 0.05) is 32.0 Å². The molecule has 1 N–H and O–H groups in total. The fourth-order valence-corrected chi connectivity index (χ4v) is 3.64. The van der Waals surface area contributed by atoms with Crippen LogP contribution in [-0.2, 0) is 17.5 Å². The van der Waals surface area contributed by atoms with E-state index in [1.54, 1.807) is 24.7 Å². The molecular weight excluding hydrogens is 395 g/mol. The van der Waals surface area contributed by atoms with Gasteiger partial charge in [0.25, 0.3) is 0 Å². The lowest BCUT2D eigenvalue weighted by molar-refractivity contribution is -0.137. The van der Waals surface area contributed by atoms with Gasteiger partial charge in [-0.25, -0.2) is 9.97 Å². The van der Waals surface area contributed by atoms with E-state index in [1.165, 1.54) is 6.07 Å². The number of hydrogen-bond donors (Lipinski definition) is 1. The molecule has 4 rings (SSSR count). The van der Waals surface area contributed by atoms with Crippen LogP contribution in [0.5, 0.6) is 0 Å². The summed E-state index contributed by atoms with van der Waals surface area (Å²) < 4.78 is 38.6. The molecule has 0 radical (unpaired) electrons. The minimum Gasteiger partial charge on any atom is -0.369 e. The first kappa shape index (κ1) is 20.1. The molecule has 6 nitrogen and oxygen atoms in total. The number of anilines is 1. The summed E-state index contributed by atoms with van der Waals surface area (Å²) in [7, 11) is 0. The molecule has 1 saturated heterocycles. The summed E-state index contributed by atoms with van der Waals surface area (Å²) in [6.07, 6.45) is 2.07.